The summed E-state index contributed by atoms with van der Waals surface area (Å²) in [7, 11) is 0. The zero-order valence-corrected chi connectivity index (χ0v) is 8.37. The highest BCUT2D eigenvalue weighted by molar-refractivity contribution is 5.88. The van der Waals surface area contributed by atoms with E-state index in [0.717, 1.165) is 6.42 Å². The average Bonchev–Trinajstić information content (AvgIpc) is 2.57. The minimum absolute atomic E-state index is 0.0474. The summed E-state index contributed by atoms with van der Waals surface area (Å²) in [5, 5.41) is 0. The molecule has 0 saturated heterocycles. The van der Waals surface area contributed by atoms with Gasteiger partial charge in [-0.05, 0) is 18.6 Å². The molecule has 0 aromatic carbocycles. The lowest BCUT2D eigenvalue weighted by molar-refractivity contribution is -0.125. The number of hydrogen-bond acceptors (Lipinski definition) is 1. The SMILES string of the molecule is CCC(C)(C)C(=O)Nn1cccc1. The fourth-order valence-electron chi connectivity index (χ4n) is 0.838. The molecular weight excluding hydrogens is 164 g/mol. The minimum Gasteiger partial charge on any atom is -0.273 e. The second kappa shape index (κ2) is 3.64. The number of hydrogen-bond donors (Lipinski definition) is 1. The Kier molecular flexibility index (Phi) is 2.76. The van der Waals surface area contributed by atoms with Crippen molar-refractivity contribution in [2.45, 2.75) is 27.2 Å². The first-order chi connectivity index (χ1) is 6.06. The van der Waals surface area contributed by atoms with E-state index in [4.69, 9.17) is 0 Å². The van der Waals surface area contributed by atoms with Gasteiger partial charge in [-0.2, -0.15) is 0 Å². The molecule has 0 spiro atoms. The number of aromatic nitrogens is 1. The molecule has 1 heterocycles. The van der Waals surface area contributed by atoms with Gasteiger partial charge in [-0.15, -0.1) is 0 Å². The fourth-order valence-corrected chi connectivity index (χ4v) is 0.838. The Morgan fingerprint density at radius 2 is 1.92 bits per heavy atom. The predicted octanol–water partition coefficient (Wildman–Crippen LogP) is 1.99. The van der Waals surface area contributed by atoms with Crippen molar-refractivity contribution in [2.75, 3.05) is 5.43 Å². The van der Waals surface area contributed by atoms with Gasteiger partial charge < -0.3 is 0 Å². The normalized spacial score (nSPS) is 11.3. The molecule has 3 nitrogen and oxygen atoms in total. The van der Waals surface area contributed by atoms with Crippen LogP contribution in [0.1, 0.15) is 27.2 Å². The van der Waals surface area contributed by atoms with E-state index in [1.807, 2.05) is 45.3 Å². The van der Waals surface area contributed by atoms with Crippen LogP contribution in [-0.2, 0) is 4.79 Å². The van der Waals surface area contributed by atoms with Crippen molar-refractivity contribution >= 4 is 5.91 Å². The molecule has 72 valence electrons. The third kappa shape index (κ3) is 2.34. The van der Waals surface area contributed by atoms with Crippen molar-refractivity contribution in [3.05, 3.63) is 24.5 Å². The van der Waals surface area contributed by atoms with Crippen molar-refractivity contribution in [1.29, 1.82) is 0 Å². The highest BCUT2D eigenvalue weighted by Gasteiger charge is 2.25. The molecule has 3 heteroatoms. The molecule has 1 aromatic rings. The highest BCUT2D eigenvalue weighted by Crippen LogP contribution is 2.19. The summed E-state index contributed by atoms with van der Waals surface area (Å²) in [6.07, 6.45) is 4.45. The number of amides is 1. The van der Waals surface area contributed by atoms with E-state index >= 15 is 0 Å². The average molecular weight is 180 g/mol. The van der Waals surface area contributed by atoms with Crippen LogP contribution in [0.15, 0.2) is 24.5 Å². The molecule has 1 amide bonds. The van der Waals surface area contributed by atoms with Crippen LogP contribution in [0.3, 0.4) is 0 Å². The third-order valence-corrected chi connectivity index (χ3v) is 2.33. The van der Waals surface area contributed by atoms with Crippen molar-refractivity contribution in [3.63, 3.8) is 0 Å². The van der Waals surface area contributed by atoms with Gasteiger partial charge in [0.2, 0.25) is 5.91 Å². The summed E-state index contributed by atoms with van der Waals surface area (Å²) in [5.74, 6) is 0.0474. The Morgan fingerprint density at radius 3 is 2.38 bits per heavy atom. The molecule has 0 aliphatic heterocycles. The van der Waals surface area contributed by atoms with Gasteiger partial charge in [0.05, 0.1) is 0 Å². The Labute approximate surface area is 78.7 Å². The van der Waals surface area contributed by atoms with Gasteiger partial charge in [-0.3, -0.25) is 14.9 Å². The molecule has 0 atom stereocenters. The van der Waals surface area contributed by atoms with Crippen LogP contribution >= 0.6 is 0 Å². The largest absolute Gasteiger partial charge is 0.273 e. The molecular formula is C10H16N2O. The second-order valence-electron chi connectivity index (χ2n) is 3.77. The number of carbonyl (C=O) groups excluding carboxylic acids is 1. The van der Waals surface area contributed by atoms with Gasteiger partial charge in [0, 0.05) is 17.8 Å². The summed E-state index contributed by atoms with van der Waals surface area (Å²) >= 11 is 0. The summed E-state index contributed by atoms with van der Waals surface area (Å²) in [6.45, 7) is 5.88. The van der Waals surface area contributed by atoms with E-state index in [1.54, 1.807) is 4.68 Å². The van der Waals surface area contributed by atoms with Crippen molar-refractivity contribution in [1.82, 2.24) is 4.68 Å². The van der Waals surface area contributed by atoms with E-state index in [0.29, 0.717) is 0 Å². The van der Waals surface area contributed by atoms with Gasteiger partial charge in [0.15, 0.2) is 0 Å². The summed E-state index contributed by atoms with van der Waals surface area (Å²) in [4.78, 5) is 11.6. The molecule has 0 radical (unpaired) electrons. The van der Waals surface area contributed by atoms with Crippen LogP contribution in [-0.4, -0.2) is 10.6 Å². The smallest absolute Gasteiger partial charge is 0.244 e. The molecule has 0 aliphatic carbocycles. The van der Waals surface area contributed by atoms with E-state index in [9.17, 15) is 4.79 Å². The number of rotatable bonds is 3. The molecule has 0 fully saturated rings. The van der Waals surface area contributed by atoms with Crippen LogP contribution in [0.2, 0.25) is 0 Å². The van der Waals surface area contributed by atoms with Crippen LogP contribution in [0.5, 0.6) is 0 Å². The van der Waals surface area contributed by atoms with Crippen molar-refractivity contribution in [2.24, 2.45) is 5.41 Å². The van der Waals surface area contributed by atoms with Crippen LogP contribution < -0.4 is 5.43 Å². The second-order valence-corrected chi connectivity index (χ2v) is 3.77. The van der Waals surface area contributed by atoms with Crippen LogP contribution in [0.4, 0.5) is 0 Å². The maximum atomic E-state index is 11.6. The lowest BCUT2D eigenvalue weighted by Crippen LogP contribution is -2.34. The third-order valence-electron chi connectivity index (χ3n) is 2.33. The topological polar surface area (TPSA) is 34.0 Å². The van der Waals surface area contributed by atoms with E-state index < -0.39 is 0 Å². The highest BCUT2D eigenvalue weighted by atomic mass is 16.2. The first-order valence-corrected chi connectivity index (χ1v) is 4.50. The van der Waals surface area contributed by atoms with Gasteiger partial charge in [-0.25, -0.2) is 0 Å². The zero-order valence-electron chi connectivity index (χ0n) is 8.37. The zero-order chi connectivity index (χ0) is 9.90. The Hall–Kier alpha value is -1.25. The standard InChI is InChI=1S/C10H16N2O/c1-4-10(2,3)9(13)11-12-7-5-6-8-12/h5-8H,4H2,1-3H3,(H,11,13). The summed E-state index contributed by atoms with van der Waals surface area (Å²) in [5.41, 5.74) is 2.49. The molecule has 0 aliphatic rings. The predicted molar refractivity (Wildman–Crippen MR) is 52.9 cm³/mol. The molecule has 0 unspecified atom stereocenters. The van der Waals surface area contributed by atoms with E-state index in [2.05, 4.69) is 5.43 Å². The van der Waals surface area contributed by atoms with Crippen molar-refractivity contribution < 1.29 is 4.79 Å². The van der Waals surface area contributed by atoms with Gasteiger partial charge >= 0.3 is 0 Å². The van der Waals surface area contributed by atoms with E-state index in [-0.39, 0.29) is 11.3 Å². The van der Waals surface area contributed by atoms with Crippen LogP contribution in [0, 0.1) is 5.41 Å². The number of nitrogens with one attached hydrogen (secondary N) is 1. The summed E-state index contributed by atoms with van der Waals surface area (Å²) in [6, 6.07) is 3.75. The van der Waals surface area contributed by atoms with E-state index in [1.165, 1.54) is 0 Å². The maximum Gasteiger partial charge on any atom is 0.244 e. The molecule has 1 rings (SSSR count). The minimum atomic E-state index is -0.301. The van der Waals surface area contributed by atoms with Crippen LogP contribution in [0.25, 0.3) is 0 Å². The molecule has 1 aromatic heterocycles. The molecule has 0 bridgehead atoms. The maximum absolute atomic E-state index is 11.6. The Morgan fingerprint density at radius 1 is 1.38 bits per heavy atom. The van der Waals surface area contributed by atoms with Gasteiger partial charge in [0.25, 0.3) is 0 Å². The molecule has 0 saturated carbocycles. The Bertz CT molecular complexity index is 275. The lowest BCUT2D eigenvalue weighted by atomic mass is 9.90. The van der Waals surface area contributed by atoms with Crippen molar-refractivity contribution in [3.8, 4) is 0 Å². The quantitative estimate of drug-likeness (QED) is 0.758. The lowest BCUT2D eigenvalue weighted by Gasteiger charge is -2.21. The number of nitrogens with zero attached hydrogens (tertiary/aromatic N) is 1. The first-order valence-electron chi connectivity index (χ1n) is 4.50. The summed E-state index contributed by atoms with van der Waals surface area (Å²) < 4.78 is 1.67. The number of carbonyl (C=O) groups is 1. The monoisotopic (exact) mass is 180 g/mol. The van der Waals surface area contributed by atoms with Gasteiger partial charge in [-0.1, -0.05) is 20.8 Å². The fraction of sp³-hybridized carbons (Fsp3) is 0.500. The molecule has 1 N–H and O–H groups in total. The molecule has 13 heavy (non-hydrogen) atoms. The van der Waals surface area contributed by atoms with Gasteiger partial charge in [0.1, 0.15) is 0 Å². The first kappa shape index (κ1) is 9.84. The Balaban J connectivity index is 2.61.